The van der Waals surface area contributed by atoms with Crippen molar-refractivity contribution in [3.8, 4) is 0 Å². The highest BCUT2D eigenvalue weighted by atomic mass is 127. The van der Waals surface area contributed by atoms with E-state index in [4.69, 9.17) is 16.3 Å². The second kappa shape index (κ2) is 6.36. The maximum atomic E-state index is 6.19. The Morgan fingerprint density at radius 2 is 2.12 bits per heavy atom. The van der Waals surface area contributed by atoms with Gasteiger partial charge in [-0.15, -0.1) is 0 Å². The third kappa shape index (κ3) is 3.34. The number of hydrogen-bond donors (Lipinski definition) is 1. The second-order valence-electron chi connectivity index (χ2n) is 4.39. The van der Waals surface area contributed by atoms with Gasteiger partial charge >= 0.3 is 0 Å². The maximum absolute atomic E-state index is 6.19. The minimum absolute atomic E-state index is 0.383. The van der Waals surface area contributed by atoms with Crippen LogP contribution in [0.4, 0.5) is 0 Å². The number of halogens is 2. The lowest BCUT2D eigenvalue weighted by Crippen LogP contribution is -2.30. The van der Waals surface area contributed by atoms with Gasteiger partial charge in [0, 0.05) is 22.8 Å². The van der Waals surface area contributed by atoms with Crippen molar-refractivity contribution in [2.75, 3.05) is 20.3 Å². The van der Waals surface area contributed by atoms with Gasteiger partial charge in [-0.05, 0) is 66.1 Å². The Kier molecular flexibility index (Phi) is 5.09. The second-order valence-corrected chi connectivity index (χ2v) is 5.96. The normalized spacial score (nSPS) is 19.2. The molecule has 0 saturated carbocycles. The van der Waals surface area contributed by atoms with Gasteiger partial charge in [-0.1, -0.05) is 17.7 Å². The average molecular weight is 366 g/mol. The van der Waals surface area contributed by atoms with Crippen molar-refractivity contribution >= 4 is 34.2 Å². The molecule has 1 atom stereocenters. The van der Waals surface area contributed by atoms with E-state index < -0.39 is 0 Å². The molecule has 1 aliphatic heterocycles. The van der Waals surface area contributed by atoms with E-state index in [2.05, 4.69) is 46.1 Å². The lowest BCUT2D eigenvalue weighted by atomic mass is 9.87. The predicted octanol–water partition coefficient (Wildman–Crippen LogP) is 3.63. The number of ether oxygens (including phenoxy) is 1. The number of benzene rings is 1. The van der Waals surface area contributed by atoms with E-state index in [0.29, 0.717) is 12.0 Å². The molecule has 1 aromatic carbocycles. The van der Waals surface area contributed by atoms with Crippen LogP contribution in [0, 0.1) is 9.49 Å². The molecular formula is C13H17ClINO. The Morgan fingerprint density at radius 1 is 1.41 bits per heavy atom. The first kappa shape index (κ1) is 13.6. The molecule has 1 N–H and O–H groups in total. The summed E-state index contributed by atoms with van der Waals surface area (Å²) < 4.78 is 6.52. The van der Waals surface area contributed by atoms with E-state index in [9.17, 15) is 0 Å². The molecule has 17 heavy (non-hydrogen) atoms. The Bertz CT molecular complexity index is 380. The van der Waals surface area contributed by atoms with E-state index in [1.807, 2.05) is 7.05 Å². The Balaban J connectivity index is 2.18. The van der Waals surface area contributed by atoms with Gasteiger partial charge in [-0.3, -0.25) is 0 Å². The molecule has 0 radical (unpaired) electrons. The Morgan fingerprint density at radius 3 is 2.71 bits per heavy atom. The molecule has 1 aromatic rings. The third-order valence-corrected chi connectivity index (χ3v) is 4.92. The summed E-state index contributed by atoms with van der Waals surface area (Å²) in [5.74, 6) is 0.643. The molecule has 0 spiro atoms. The molecule has 0 amide bonds. The smallest absolute Gasteiger partial charge is 0.0542 e. The summed E-state index contributed by atoms with van der Waals surface area (Å²) in [6, 6.07) is 6.72. The highest BCUT2D eigenvalue weighted by Crippen LogP contribution is 2.32. The summed E-state index contributed by atoms with van der Waals surface area (Å²) in [5.41, 5.74) is 1.28. The molecule has 2 rings (SSSR count). The number of nitrogens with one attached hydrogen (secondary N) is 1. The van der Waals surface area contributed by atoms with Crippen molar-refractivity contribution in [3.05, 3.63) is 32.4 Å². The molecule has 0 bridgehead atoms. The van der Waals surface area contributed by atoms with Gasteiger partial charge in [0.25, 0.3) is 0 Å². The molecule has 1 saturated heterocycles. The van der Waals surface area contributed by atoms with Crippen molar-refractivity contribution in [2.24, 2.45) is 5.92 Å². The molecule has 1 aliphatic rings. The van der Waals surface area contributed by atoms with Gasteiger partial charge in [0.15, 0.2) is 0 Å². The summed E-state index contributed by atoms with van der Waals surface area (Å²) in [6.45, 7) is 1.75. The summed E-state index contributed by atoms with van der Waals surface area (Å²) in [6.07, 6.45) is 2.24. The molecule has 0 aromatic heterocycles. The SMILES string of the molecule is CNC(c1ccc(I)c(Cl)c1)C1CCOCC1. The fourth-order valence-corrected chi connectivity index (χ4v) is 2.95. The zero-order valence-electron chi connectivity index (χ0n) is 9.88. The molecular weight excluding hydrogens is 349 g/mol. The molecule has 94 valence electrons. The van der Waals surface area contributed by atoms with Crippen molar-refractivity contribution in [1.82, 2.24) is 5.32 Å². The Labute approximate surface area is 121 Å². The standard InChI is InChI=1S/C13H17ClINO/c1-16-13(9-4-6-17-7-5-9)10-2-3-12(15)11(14)8-10/h2-3,8-9,13,16H,4-7H2,1H3. The Hall–Kier alpha value is 0.160. The van der Waals surface area contributed by atoms with Crippen molar-refractivity contribution in [3.63, 3.8) is 0 Å². The van der Waals surface area contributed by atoms with Crippen molar-refractivity contribution in [1.29, 1.82) is 0 Å². The van der Waals surface area contributed by atoms with Crippen LogP contribution in [0.3, 0.4) is 0 Å². The summed E-state index contributed by atoms with van der Waals surface area (Å²) in [5, 5.41) is 4.26. The van der Waals surface area contributed by atoms with Crippen LogP contribution in [0.2, 0.25) is 5.02 Å². The lowest BCUT2D eigenvalue weighted by Gasteiger charge is -2.30. The minimum Gasteiger partial charge on any atom is -0.381 e. The topological polar surface area (TPSA) is 21.3 Å². The fourth-order valence-electron chi connectivity index (χ4n) is 2.43. The van der Waals surface area contributed by atoms with Crippen LogP contribution in [-0.2, 0) is 4.74 Å². The van der Waals surface area contributed by atoms with E-state index in [0.717, 1.165) is 34.6 Å². The van der Waals surface area contributed by atoms with Gasteiger partial charge in [-0.25, -0.2) is 0 Å². The number of hydrogen-bond acceptors (Lipinski definition) is 2. The largest absolute Gasteiger partial charge is 0.381 e. The third-order valence-electron chi connectivity index (χ3n) is 3.35. The molecule has 0 aliphatic carbocycles. The van der Waals surface area contributed by atoms with Gasteiger partial charge in [0.1, 0.15) is 0 Å². The van der Waals surface area contributed by atoms with Crippen LogP contribution < -0.4 is 5.32 Å². The molecule has 1 heterocycles. The van der Waals surface area contributed by atoms with Gasteiger partial charge < -0.3 is 10.1 Å². The van der Waals surface area contributed by atoms with Crippen LogP contribution in [-0.4, -0.2) is 20.3 Å². The van der Waals surface area contributed by atoms with Crippen LogP contribution in [0.5, 0.6) is 0 Å². The van der Waals surface area contributed by atoms with Crippen molar-refractivity contribution < 1.29 is 4.74 Å². The highest BCUT2D eigenvalue weighted by Gasteiger charge is 2.24. The maximum Gasteiger partial charge on any atom is 0.0542 e. The highest BCUT2D eigenvalue weighted by molar-refractivity contribution is 14.1. The monoisotopic (exact) mass is 365 g/mol. The predicted molar refractivity (Wildman–Crippen MR) is 79.5 cm³/mol. The number of rotatable bonds is 3. The zero-order valence-corrected chi connectivity index (χ0v) is 12.8. The first-order valence-electron chi connectivity index (χ1n) is 5.92. The van der Waals surface area contributed by atoms with Gasteiger partial charge in [0.2, 0.25) is 0 Å². The van der Waals surface area contributed by atoms with Crippen LogP contribution in [0.15, 0.2) is 18.2 Å². The van der Waals surface area contributed by atoms with Gasteiger partial charge in [-0.2, -0.15) is 0 Å². The first-order chi connectivity index (χ1) is 8.22. The van der Waals surface area contributed by atoms with Crippen LogP contribution in [0.25, 0.3) is 0 Å². The summed E-state index contributed by atoms with van der Waals surface area (Å²) in [7, 11) is 2.02. The van der Waals surface area contributed by atoms with Gasteiger partial charge in [0.05, 0.1) is 5.02 Å². The summed E-state index contributed by atoms with van der Waals surface area (Å²) >= 11 is 8.45. The van der Waals surface area contributed by atoms with E-state index in [-0.39, 0.29) is 0 Å². The minimum atomic E-state index is 0.383. The summed E-state index contributed by atoms with van der Waals surface area (Å²) in [4.78, 5) is 0. The molecule has 2 nitrogen and oxygen atoms in total. The molecule has 4 heteroatoms. The first-order valence-corrected chi connectivity index (χ1v) is 7.38. The quantitative estimate of drug-likeness (QED) is 0.826. The molecule has 1 unspecified atom stereocenters. The average Bonchev–Trinajstić information content (AvgIpc) is 2.36. The fraction of sp³-hybridized carbons (Fsp3) is 0.538. The lowest BCUT2D eigenvalue weighted by molar-refractivity contribution is 0.0546. The van der Waals surface area contributed by atoms with Crippen LogP contribution in [0.1, 0.15) is 24.4 Å². The van der Waals surface area contributed by atoms with E-state index in [1.165, 1.54) is 5.56 Å². The van der Waals surface area contributed by atoms with E-state index >= 15 is 0 Å². The molecule has 1 fully saturated rings. The zero-order chi connectivity index (χ0) is 12.3. The van der Waals surface area contributed by atoms with E-state index in [1.54, 1.807) is 0 Å². The van der Waals surface area contributed by atoms with Crippen molar-refractivity contribution in [2.45, 2.75) is 18.9 Å². The van der Waals surface area contributed by atoms with Crippen LogP contribution >= 0.6 is 34.2 Å².